The van der Waals surface area contributed by atoms with E-state index in [0.717, 1.165) is 19.4 Å². The van der Waals surface area contributed by atoms with Crippen molar-refractivity contribution >= 4 is 5.78 Å². The summed E-state index contributed by atoms with van der Waals surface area (Å²) in [5.41, 5.74) is 0. The van der Waals surface area contributed by atoms with Gasteiger partial charge in [0.2, 0.25) is 0 Å². The molecule has 0 aromatic carbocycles. The second-order valence-electron chi connectivity index (χ2n) is 5.53. The Morgan fingerprint density at radius 2 is 1.62 bits per heavy atom. The van der Waals surface area contributed by atoms with Crippen molar-refractivity contribution in [1.29, 1.82) is 0 Å². The maximum absolute atomic E-state index is 12.2. The average Bonchev–Trinajstić information content (AvgIpc) is 2.59. The predicted molar refractivity (Wildman–Crippen MR) is 66.5 cm³/mol. The van der Waals surface area contributed by atoms with Crippen molar-refractivity contribution in [2.75, 3.05) is 6.54 Å². The molecule has 16 heavy (non-hydrogen) atoms. The first kappa shape index (κ1) is 12.1. The lowest BCUT2D eigenvalue weighted by Crippen LogP contribution is -2.37. The number of ketones is 1. The Bertz CT molecular complexity index is 213. The van der Waals surface area contributed by atoms with Crippen LogP contribution in [-0.4, -0.2) is 18.4 Å². The van der Waals surface area contributed by atoms with Gasteiger partial charge in [-0.15, -0.1) is 0 Å². The molecular weight excluding hydrogens is 198 g/mol. The molecule has 2 nitrogen and oxygen atoms in total. The lowest BCUT2D eigenvalue weighted by atomic mass is 9.84. The highest BCUT2D eigenvalue weighted by Gasteiger charge is 2.23. The molecule has 1 saturated heterocycles. The molecule has 1 atom stereocenters. The van der Waals surface area contributed by atoms with Gasteiger partial charge in [0.15, 0.2) is 0 Å². The molecule has 1 saturated carbocycles. The van der Waals surface area contributed by atoms with Crippen LogP contribution in [0.1, 0.15) is 64.2 Å². The van der Waals surface area contributed by atoms with Crippen LogP contribution >= 0.6 is 0 Å². The lowest BCUT2D eigenvalue weighted by Gasteiger charge is -2.23. The van der Waals surface area contributed by atoms with Crippen LogP contribution in [0.4, 0.5) is 0 Å². The van der Waals surface area contributed by atoms with Crippen LogP contribution in [0.3, 0.4) is 0 Å². The molecule has 1 unspecified atom stereocenters. The Morgan fingerprint density at radius 3 is 2.44 bits per heavy atom. The Hall–Kier alpha value is -0.370. The number of carbonyl (C=O) groups is 1. The topological polar surface area (TPSA) is 29.1 Å². The van der Waals surface area contributed by atoms with Crippen molar-refractivity contribution in [2.24, 2.45) is 5.92 Å². The van der Waals surface area contributed by atoms with Gasteiger partial charge in [0.05, 0.1) is 6.04 Å². The molecule has 2 heteroatoms. The van der Waals surface area contributed by atoms with Crippen molar-refractivity contribution in [1.82, 2.24) is 5.32 Å². The van der Waals surface area contributed by atoms with Gasteiger partial charge in [-0.05, 0) is 25.3 Å². The zero-order valence-electron chi connectivity index (χ0n) is 10.3. The summed E-state index contributed by atoms with van der Waals surface area (Å²) in [5.74, 6) is 1.19. The summed E-state index contributed by atoms with van der Waals surface area (Å²) in [4.78, 5) is 12.2. The second kappa shape index (κ2) is 6.39. The largest absolute Gasteiger partial charge is 0.307 e. The summed E-state index contributed by atoms with van der Waals surface area (Å²) in [5, 5.41) is 3.42. The molecule has 2 rings (SSSR count). The fraction of sp³-hybridized carbons (Fsp3) is 0.929. The summed E-state index contributed by atoms with van der Waals surface area (Å²) in [6.45, 7) is 1.04. The van der Waals surface area contributed by atoms with E-state index >= 15 is 0 Å². The first-order chi connectivity index (χ1) is 7.86. The van der Waals surface area contributed by atoms with Gasteiger partial charge in [-0.1, -0.05) is 44.9 Å². The van der Waals surface area contributed by atoms with E-state index in [2.05, 4.69) is 5.32 Å². The highest BCUT2D eigenvalue weighted by Crippen LogP contribution is 2.27. The number of nitrogens with one attached hydrogen (secondary N) is 1. The highest BCUT2D eigenvalue weighted by atomic mass is 16.1. The monoisotopic (exact) mass is 223 g/mol. The normalized spacial score (nSPS) is 28.6. The van der Waals surface area contributed by atoms with E-state index in [1.807, 2.05) is 0 Å². The van der Waals surface area contributed by atoms with Gasteiger partial charge in [-0.3, -0.25) is 4.79 Å². The molecule has 0 amide bonds. The number of hydrogen-bond acceptors (Lipinski definition) is 2. The molecule has 0 radical (unpaired) electrons. The minimum Gasteiger partial charge on any atom is -0.307 e. The fourth-order valence-electron chi connectivity index (χ4n) is 3.12. The summed E-state index contributed by atoms with van der Waals surface area (Å²) in [7, 11) is 0. The molecular formula is C14H25NO. The van der Waals surface area contributed by atoms with Gasteiger partial charge in [0.25, 0.3) is 0 Å². The van der Waals surface area contributed by atoms with Crippen molar-refractivity contribution in [3.8, 4) is 0 Å². The Balaban J connectivity index is 1.76. The molecule has 2 aliphatic rings. The number of rotatable bonds is 3. The molecule has 0 aromatic rings. The third kappa shape index (κ3) is 3.58. The molecule has 1 heterocycles. The molecule has 0 bridgehead atoms. The van der Waals surface area contributed by atoms with Crippen molar-refractivity contribution in [3.63, 3.8) is 0 Å². The zero-order chi connectivity index (χ0) is 11.2. The quantitative estimate of drug-likeness (QED) is 0.796. The number of Topliss-reactive ketones (excluding diaryl/α,β-unsaturated/α-hetero) is 1. The predicted octanol–water partition coefficient (Wildman–Crippen LogP) is 3.06. The van der Waals surface area contributed by atoms with Crippen molar-refractivity contribution in [2.45, 2.75) is 70.3 Å². The van der Waals surface area contributed by atoms with Crippen LogP contribution in [0.5, 0.6) is 0 Å². The van der Waals surface area contributed by atoms with Gasteiger partial charge in [0.1, 0.15) is 5.78 Å². The van der Waals surface area contributed by atoms with Gasteiger partial charge in [-0.25, -0.2) is 0 Å². The third-order valence-corrected chi connectivity index (χ3v) is 4.16. The average molecular weight is 223 g/mol. The molecule has 1 aliphatic carbocycles. The van der Waals surface area contributed by atoms with E-state index in [1.54, 1.807) is 0 Å². The first-order valence-electron chi connectivity index (χ1n) is 7.12. The Kier molecular flexibility index (Phi) is 4.83. The van der Waals surface area contributed by atoms with Crippen LogP contribution in [0.2, 0.25) is 0 Å². The maximum Gasteiger partial charge on any atom is 0.150 e. The molecule has 2 fully saturated rings. The summed E-state index contributed by atoms with van der Waals surface area (Å²) in [6.07, 6.45) is 12.3. The van der Waals surface area contributed by atoms with E-state index in [4.69, 9.17) is 0 Å². The Labute approximate surface area is 99.2 Å². The number of carbonyl (C=O) groups excluding carboxylic acids is 1. The van der Waals surface area contributed by atoms with Gasteiger partial charge in [-0.2, -0.15) is 0 Å². The minimum absolute atomic E-state index is 0.185. The smallest absolute Gasteiger partial charge is 0.150 e. The van der Waals surface area contributed by atoms with Gasteiger partial charge < -0.3 is 5.32 Å². The molecule has 0 spiro atoms. The van der Waals surface area contributed by atoms with Crippen LogP contribution in [0.25, 0.3) is 0 Å². The number of hydrogen-bond donors (Lipinski definition) is 1. The van der Waals surface area contributed by atoms with Crippen LogP contribution in [-0.2, 0) is 4.79 Å². The van der Waals surface area contributed by atoms with Crippen molar-refractivity contribution in [3.05, 3.63) is 0 Å². The van der Waals surface area contributed by atoms with Gasteiger partial charge >= 0.3 is 0 Å². The van der Waals surface area contributed by atoms with Gasteiger partial charge in [0, 0.05) is 6.42 Å². The maximum atomic E-state index is 12.2. The summed E-state index contributed by atoms with van der Waals surface area (Å²) < 4.78 is 0. The molecule has 0 aromatic heterocycles. The highest BCUT2D eigenvalue weighted by molar-refractivity contribution is 5.84. The van der Waals surface area contributed by atoms with Crippen LogP contribution in [0, 0.1) is 5.92 Å². The third-order valence-electron chi connectivity index (χ3n) is 4.16. The van der Waals surface area contributed by atoms with Crippen LogP contribution < -0.4 is 5.32 Å². The fourth-order valence-corrected chi connectivity index (χ4v) is 3.12. The minimum atomic E-state index is 0.185. The lowest BCUT2D eigenvalue weighted by molar-refractivity contribution is -0.122. The van der Waals surface area contributed by atoms with Crippen LogP contribution in [0.15, 0.2) is 0 Å². The van der Waals surface area contributed by atoms with E-state index in [1.165, 1.54) is 51.4 Å². The molecule has 1 aliphatic heterocycles. The van der Waals surface area contributed by atoms with E-state index < -0.39 is 0 Å². The van der Waals surface area contributed by atoms with Crippen molar-refractivity contribution < 1.29 is 4.79 Å². The van der Waals surface area contributed by atoms with E-state index in [9.17, 15) is 4.79 Å². The van der Waals surface area contributed by atoms with E-state index in [0.29, 0.717) is 11.7 Å². The standard InChI is InChI=1S/C14H25NO/c16-14(11-12-7-3-1-4-8-12)13-9-5-2-6-10-15-13/h12-13,15H,1-11H2. The first-order valence-corrected chi connectivity index (χ1v) is 7.12. The molecule has 1 N–H and O–H groups in total. The molecule has 92 valence electrons. The van der Waals surface area contributed by atoms with E-state index in [-0.39, 0.29) is 6.04 Å². The SMILES string of the molecule is O=C(CC1CCCCC1)C1CCCCCN1. The summed E-state index contributed by atoms with van der Waals surface area (Å²) >= 11 is 0. The Morgan fingerprint density at radius 1 is 0.938 bits per heavy atom. The summed E-state index contributed by atoms with van der Waals surface area (Å²) in [6, 6.07) is 0.185. The second-order valence-corrected chi connectivity index (χ2v) is 5.53. The zero-order valence-corrected chi connectivity index (χ0v) is 10.3.